The Labute approximate surface area is 107 Å². The van der Waals surface area contributed by atoms with Crippen LogP contribution < -0.4 is 0 Å². The van der Waals surface area contributed by atoms with Crippen molar-refractivity contribution < 1.29 is 14.6 Å². The summed E-state index contributed by atoms with van der Waals surface area (Å²) < 4.78 is 5.81. The molecule has 18 heavy (non-hydrogen) atoms. The summed E-state index contributed by atoms with van der Waals surface area (Å²) in [6, 6.07) is 7.78. The first kappa shape index (κ1) is 12.8. The number of rotatable bonds is 5. The Balaban J connectivity index is 1.85. The number of aliphatic carboxylic acids is 1. The molecule has 0 atom stereocenters. The molecule has 0 bridgehead atoms. The standard InChI is InChI=1S/C15H18O3/c16-15(17)10-9-12-5-7-13(8-6-12)11-18-14-3-1-2-4-14/h5-10,14H,1-4,11H2,(H,16,17)/b10-9+. The van der Waals surface area contributed by atoms with E-state index in [0.717, 1.165) is 17.2 Å². The van der Waals surface area contributed by atoms with Crippen LogP contribution in [0.5, 0.6) is 0 Å². The lowest BCUT2D eigenvalue weighted by molar-refractivity contribution is -0.131. The minimum atomic E-state index is -0.927. The highest BCUT2D eigenvalue weighted by atomic mass is 16.5. The first-order valence-electron chi connectivity index (χ1n) is 6.35. The van der Waals surface area contributed by atoms with Crippen molar-refractivity contribution in [1.29, 1.82) is 0 Å². The van der Waals surface area contributed by atoms with Crippen molar-refractivity contribution in [3.63, 3.8) is 0 Å². The van der Waals surface area contributed by atoms with Gasteiger partial charge in [-0.25, -0.2) is 4.79 Å². The number of carbonyl (C=O) groups is 1. The Morgan fingerprint density at radius 3 is 2.56 bits per heavy atom. The average Bonchev–Trinajstić information content (AvgIpc) is 2.88. The van der Waals surface area contributed by atoms with Gasteiger partial charge in [-0.1, -0.05) is 37.1 Å². The van der Waals surface area contributed by atoms with Gasteiger partial charge >= 0.3 is 5.97 Å². The Morgan fingerprint density at radius 1 is 1.28 bits per heavy atom. The molecule has 1 aliphatic carbocycles. The number of hydrogen-bond donors (Lipinski definition) is 1. The van der Waals surface area contributed by atoms with E-state index in [1.807, 2.05) is 24.3 Å². The van der Waals surface area contributed by atoms with Crippen LogP contribution in [0.2, 0.25) is 0 Å². The largest absolute Gasteiger partial charge is 0.478 e. The molecule has 3 heteroatoms. The molecule has 1 fully saturated rings. The molecule has 1 saturated carbocycles. The quantitative estimate of drug-likeness (QED) is 0.811. The Bertz CT molecular complexity index is 414. The Morgan fingerprint density at radius 2 is 1.94 bits per heavy atom. The van der Waals surface area contributed by atoms with Gasteiger partial charge in [0, 0.05) is 6.08 Å². The van der Waals surface area contributed by atoms with E-state index in [-0.39, 0.29) is 0 Å². The fraction of sp³-hybridized carbons (Fsp3) is 0.400. The van der Waals surface area contributed by atoms with Crippen molar-refractivity contribution in [3.8, 4) is 0 Å². The number of carboxylic acids is 1. The molecular weight excluding hydrogens is 228 g/mol. The monoisotopic (exact) mass is 246 g/mol. The summed E-state index contributed by atoms with van der Waals surface area (Å²) in [6.45, 7) is 0.646. The maximum Gasteiger partial charge on any atom is 0.328 e. The Kier molecular flexibility index (Phi) is 4.53. The summed E-state index contributed by atoms with van der Waals surface area (Å²) in [5, 5.41) is 8.53. The van der Waals surface area contributed by atoms with Gasteiger partial charge in [0.2, 0.25) is 0 Å². The van der Waals surface area contributed by atoms with Gasteiger partial charge in [0.25, 0.3) is 0 Å². The lowest BCUT2D eigenvalue weighted by Gasteiger charge is -2.10. The van der Waals surface area contributed by atoms with Gasteiger partial charge in [0.15, 0.2) is 0 Å². The minimum Gasteiger partial charge on any atom is -0.478 e. The number of ether oxygens (including phenoxy) is 1. The van der Waals surface area contributed by atoms with Crippen molar-refractivity contribution >= 4 is 12.0 Å². The molecular formula is C15H18O3. The van der Waals surface area contributed by atoms with Crippen LogP contribution in [0.3, 0.4) is 0 Å². The second-order valence-electron chi connectivity index (χ2n) is 4.63. The Hall–Kier alpha value is -1.61. The van der Waals surface area contributed by atoms with E-state index in [9.17, 15) is 4.79 Å². The van der Waals surface area contributed by atoms with Crippen LogP contribution in [0.1, 0.15) is 36.8 Å². The highest BCUT2D eigenvalue weighted by Crippen LogP contribution is 2.22. The van der Waals surface area contributed by atoms with Crippen LogP contribution in [0, 0.1) is 0 Å². The van der Waals surface area contributed by atoms with Crippen molar-refractivity contribution in [1.82, 2.24) is 0 Å². The number of hydrogen-bond acceptors (Lipinski definition) is 2. The van der Waals surface area contributed by atoms with Gasteiger partial charge in [-0.05, 0) is 30.0 Å². The van der Waals surface area contributed by atoms with E-state index in [0.29, 0.717) is 12.7 Å². The third-order valence-corrected chi connectivity index (χ3v) is 3.19. The van der Waals surface area contributed by atoms with Gasteiger partial charge in [-0.3, -0.25) is 0 Å². The predicted molar refractivity (Wildman–Crippen MR) is 70.2 cm³/mol. The van der Waals surface area contributed by atoms with Gasteiger partial charge in [0.05, 0.1) is 12.7 Å². The fourth-order valence-corrected chi connectivity index (χ4v) is 2.16. The summed E-state index contributed by atoms with van der Waals surface area (Å²) in [5.41, 5.74) is 2.02. The zero-order chi connectivity index (χ0) is 12.8. The lowest BCUT2D eigenvalue weighted by Crippen LogP contribution is -2.06. The van der Waals surface area contributed by atoms with Gasteiger partial charge < -0.3 is 9.84 Å². The van der Waals surface area contributed by atoms with E-state index in [1.165, 1.54) is 25.7 Å². The van der Waals surface area contributed by atoms with Crippen LogP contribution in [0.4, 0.5) is 0 Å². The van der Waals surface area contributed by atoms with Crippen LogP contribution >= 0.6 is 0 Å². The van der Waals surface area contributed by atoms with E-state index in [2.05, 4.69) is 0 Å². The molecule has 2 rings (SSSR count). The topological polar surface area (TPSA) is 46.5 Å². The summed E-state index contributed by atoms with van der Waals surface area (Å²) in [6.07, 6.45) is 8.08. The number of carboxylic acid groups (broad SMARTS) is 1. The molecule has 0 heterocycles. The highest BCUT2D eigenvalue weighted by Gasteiger charge is 2.14. The van der Waals surface area contributed by atoms with Crippen molar-refractivity contribution in [2.24, 2.45) is 0 Å². The SMILES string of the molecule is O=C(O)/C=C/c1ccc(COC2CCCC2)cc1. The zero-order valence-electron chi connectivity index (χ0n) is 10.3. The molecule has 0 spiro atoms. The molecule has 0 radical (unpaired) electrons. The molecule has 0 saturated heterocycles. The molecule has 0 aliphatic heterocycles. The van der Waals surface area contributed by atoms with E-state index in [4.69, 9.17) is 9.84 Å². The molecule has 1 aliphatic rings. The second kappa shape index (κ2) is 6.36. The molecule has 0 unspecified atom stereocenters. The first-order valence-corrected chi connectivity index (χ1v) is 6.35. The van der Waals surface area contributed by atoms with Gasteiger partial charge in [-0.2, -0.15) is 0 Å². The van der Waals surface area contributed by atoms with Crippen molar-refractivity contribution in [2.45, 2.75) is 38.4 Å². The third kappa shape index (κ3) is 4.00. The number of benzene rings is 1. The third-order valence-electron chi connectivity index (χ3n) is 3.19. The molecule has 3 nitrogen and oxygen atoms in total. The van der Waals surface area contributed by atoms with Crippen LogP contribution in [0.15, 0.2) is 30.3 Å². The normalized spacial score (nSPS) is 16.4. The summed E-state index contributed by atoms with van der Waals surface area (Å²) >= 11 is 0. The second-order valence-corrected chi connectivity index (χ2v) is 4.63. The summed E-state index contributed by atoms with van der Waals surface area (Å²) in [5.74, 6) is -0.927. The predicted octanol–water partition coefficient (Wildman–Crippen LogP) is 3.24. The van der Waals surface area contributed by atoms with E-state index < -0.39 is 5.97 Å². The molecule has 1 N–H and O–H groups in total. The van der Waals surface area contributed by atoms with E-state index in [1.54, 1.807) is 6.08 Å². The lowest BCUT2D eigenvalue weighted by atomic mass is 10.1. The van der Waals surface area contributed by atoms with Gasteiger partial charge in [-0.15, -0.1) is 0 Å². The molecule has 0 amide bonds. The van der Waals surface area contributed by atoms with Crippen LogP contribution in [-0.4, -0.2) is 17.2 Å². The van der Waals surface area contributed by atoms with E-state index >= 15 is 0 Å². The summed E-state index contributed by atoms with van der Waals surface area (Å²) in [7, 11) is 0. The average molecular weight is 246 g/mol. The molecule has 1 aromatic rings. The maximum atomic E-state index is 10.4. The van der Waals surface area contributed by atoms with Crippen LogP contribution in [-0.2, 0) is 16.1 Å². The molecule has 1 aromatic carbocycles. The first-order chi connectivity index (χ1) is 8.74. The summed E-state index contributed by atoms with van der Waals surface area (Å²) in [4.78, 5) is 10.4. The smallest absolute Gasteiger partial charge is 0.328 e. The van der Waals surface area contributed by atoms with Crippen LogP contribution in [0.25, 0.3) is 6.08 Å². The molecule has 0 aromatic heterocycles. The maximum absolute atomic E-state index is 10.4. The minimum absolute atomic E-state index is 0.427. The zero-order valence-corrected chi connectivity index (χ0v) is 10.3. The van der Waals surface area contributed by atoms with Gasteiger partial charge in [0.1, 0.15) is 0 Å². The van der Waals surface area contributed by atoms with Crippen molar-refractivity contribution in [2.75, 3.05) is 0 Å². The fourth-order valence-electron chi connectivity index (χ4n) is 2.16. The van der Waals surface area contributed by atoms with Crippen molar-refractivity contribution in [3.05, 3.63) is 41.5 Å². The highest BCUT2D eigenvalue weighted by molar-refractivity contribution is 5.85. The molecule has 96 valence electrons.